The molecule has 3 N–H and O–H groups in total. The number of alkyl halides is 3. The van der Waals surface area contributed by atoms with Gasteiger partial charge < -0.3 is 5.32 Å². The molecule has 1 aliphatic heterocycles. The number of hydrogen-bond acceptors (Lipinski definition) is 4. The van der Waals surface area contributed by atoms with E-state index >= 15 is 0 Å². The minimum absolute atomic E-state index is 0.105. The molecule has 3 amide bonds. The third kappa shape index (κ3) is 4.82. The van der Waals surface area contributed by atoms with Gasteiger partial charge in [-0.1, -0.05) is 18.2 Å². The van der Waals surface area contributed by atoms with E-state index in [0.29, 0.717) is 19.0 Å². The van der Waals surface area contributed by atoms with Crippen molar-refractivity contribution in [2.75, 3.05) is 17.8 Å². The SMILES string of the molecule is O=C(NN1CCCNC1=O)c1ccccc1NS(=O)(=O)c1cccc(C(F)(F)F)c1. The highest BCUT2D eigenvalue weighted by Gasteiger charge is 2.32. The van der Waals surface area contributed by atoms with Crippen LogP contribution in [-0.4, -0.2) is 38.5 Å². The zero-order valence-corrected chi connectivity index (χ0v) is 16.2. The third-order valence-electron chi connectivity index (χ3n) is 4.20. The number of rotatable bonds is 5. The van der Waals surface area contributed by atoms with E-state index in [1.165, 1.54) is 24.3 Å². The molecule has 2 aromatic rings. The van der Waals surface area contributed by atoms with Crippen LogP contribution in [0.15, 0.2) is 53.4 Å². The van der Waals surface area contributed by atoms with Crippen molar-refractivity contribution in [3.63, 3.8) is 0 Å². The number of urea groups is 1. The fraction of sp³-hybridized carbons (Fsp3) is 0.222. The molecule has 0 aliphatic carbocycles. The fourth-order valence-electron chi connectivity index (χ4n) is 2.73. The Hall–Kier alpha value is -3.28. The Morgan fingerprint density at radius 1 is 1.10 bits per heavy atom. The quantitative estimate of drug-likeness (QED) is 0.662. The second kappa shape index (κ2) is 8.22. The number of carbonyl (C=O) groups excluding carboxylic acids is 2. The summed E-state index contributed by atoms with van der Waals surface area (Å²) in [7, 11) is -4.42. The Morgan fingerprint density at radius 3 is 2.53 bits per heavy atom. The molecule has 2 aromatic carbocycles. The summed E-state index contributed by atoms with van der Waals surface area (Å²) in [6.45, 7) is 0.744. The highest BCUT2D eigenvalue weighted by Crippen LogP contribution is 2.31. The molecule has 0 bridgehead atoms. The second-order valence-electron chi connectivity index (χ2n) is 6.35. The summed E-state index contributed by atoms with van der Waals surface area (Å²) in [5.41, 5.74) is 1.01. The van der Waals surface area contributed by atoms with Gasteiger partial charge in [-0.2, -0.15) is 13.2 Å². The molecule has 0 aromatic heterocycles. The molecule has 3 rings (SSSR count). The summed E-state index contributed by atoms with van der Waals surface area (Å²) in [6, 6.07) is 8.28. The van der Waals surface area contributed by atoms with Gasteiger partial charge in [-0.25, -0.2) is 18.2 Å². The predicted octanol–water partition coefficient (Wildman–Crippen LogP) is 2.57. The van der Waals surface area contributed by atoms with Crippen molar-refractivity contribution >= 4 is 27.6 Å². The number of amides is 3. The highest BCUT2D eigenvalue weighted by molar-refractivity contribution is 7.92. The lowest BCUT2D eigenvalue weighted by atomic mass is 10.2. The van der Waals surface area contributed by atoms with Gasteiger partial charge >= 0.3 is 12.2 Å². The van der Waals surface area contributed by atoms with E-state index in [2.05, 4.69) is 15.5 Å². The lowest BCUT2D eigenvalue weighted by molar-refractivity contribution is -0.137. The zero-order valence-electron chi connectivity index (χ0n) is 15.4. The molecule has 1 fully saturated rings. The molecule has 0 spiro atoms. The monoisotopic (exact) mass is 442 g/mol. The molecule has 1 heterocycles. The van der Waals surface area contributed by atoms with Crippen LogP contribution in [0, 0.1) is 0 Å². The Morgan fingerprint density at radius 2 is 1.83 bits per heavy atom. The normalized spacial score (nSPS) is 14.8. The van der Waals surface area contributed by atoms with Crippen molar-refractivity contribution in [2.45, 2.75) is 17.5 Å². The van der Waals surface area contributed by atoms with Gasteiger partial charge in [-0.05, 0) is 36.8 Å². The molecule has 12 heteroatoms. The fourth-order valence-corrected chi connectivity index (χ4v) is 3.86. The van der Waals surface area contributed by atoms with Gasteiger partial charge in [-0.3, -0.25) is 14.9 Å². The Bertz CT molecular complexity index is 1070. The number of sulfonamides is 1. The summed E-state index contributed by atoms with van der Waals surface area (Å²) < 4.78 is 66.1. The van der Waals surface area contributed by atoms with Gasteiger partial charge in [0.25, 0.3) is 15.9 Å². The standard InChI is InChI=1S/C18H17F3N4O4S/c19-18(20,21)12-5-3-6-13(11-12)30(28,29)24-15-8-2-1-7-14(15)16(26)23-25-10-4-9-22-17(25)27/h1-3,5-8,11,24H,4,9-10H2,(H,22,27)(H,23,26). The number of benzene rings is 2. The largest absolute Gasteiger partial charge is 0.416 e. The van der Waals surface area contributed by atoms with Crippen LogP contribution >= 0.6 is 0 Å². The van der Waals surface area contributed by atoms with Crippen LogP contribution in [0.4, 0.5) is 23.7 Å². The third-order valence-corrected chi connectivity index (χ3v) is 5.57. The average Bonchev–Trinajstić information content (AvgIpc) is 2.69. The topological polar surface area (TPSA) is 108 Å². The second-order valence-corrected chi connectivity index (χ2v) is 8.04. The summed E-state index contributed by atoms with van der Waals surface area (Å²) in [6.07, 6.45) is -4.10. The van der Waals surface area contributed by atoms with E-state index in [-0.39, 0.29) is 17.8 Å². The number of halogens is 3. The number of nitrogens with zero attached hydrogens (tertiary/aromatic N) is 1. The van der Waals surface area contributed by atoms with E-state index in [0.717, 1.165) is 23.2 Å². The molecule has 0 unspecified atom stereocenters. The number of carbonyl (C=O) groups is 2. The molecular weight excluding hydrogens is 425 g/mol. The summed E-state index contributed by atoms with van der Waals surface area (Å²) >= 11 is 0. The average molecular weight is 442 g/mol. The first-order chi connectivity index (χ1) is 14.1. The molecular formula is C18H17F3N4O4S. The van der Waals surface area contributed by atoms with Crippen LogP contribution in [-0.2, 0) is 16.2 Å². The maximum atomic E-state index is 12.9. The Kier molecular flexibility index (Phi) is 5.87. The molecule has 30 heavy (non-hydrogen) atoms. The molecule has 1 aliphatic rings. The summed E-state index contributed by atoms with van der Waals surface area (Å²) in [5.74, 6) is -0.755. The summed E-state index contributed by atoms with van der Waals surface area (Å²) in [5, 5.41) is 3.61. The number of para-hydroxylation sites is 1. The minimum atomic E-state index is -4.71. The molecule has 0 saturated carbocycles. The number of anilines is 1. The molecule has 0 atom stereocenters. The van der Waals surface area contributed by atoms with Crippen LogP contribution < -0.4 is 15.5 Å². The zero-order chi connectivity index (χ0) is 21.9. The van der Waals surface area contributed by atoms with E-state index in [4.69, 9.17) is 0 Å². The van der Waals surface area contributed by atoms with E-state index in [1.807, 2.05) is 0 Å². The van der Waals surface area contributed by atoms with Crippen LogP contribution in [0.2, 0.25) is 0 Å². The van der Waals surface area contributed by atoms with Crippen LogP contribution in [0.5, 0.6) is 0 Å². The highest BCUT2D eigenvalue weighted by atomic mass is 32.2. The Labute approximate surface area is 170 Å². The minimum Gasteiger partial charge on any atom is -0.336 e. The summed E-state index contributed by atoms with van der Waals surface area (Å²) in [4.78, 5) is 23.7. The van der Waals surface area contributed by atoms with Crippen LogP contribution in [0.1, 0.15) is 22.3 Å². The van der Waals surface area contributed by atoms with Gasteiger partial charge in [0.2, 0.25) is 0 Å². The van der Waals surface area contributed by atoms with Crippen molar-refractivity contribution in [2.24, 2.45) is 0 Å². The van der Waals surface area contributed by atoms with E-state index in [9.17, 15) is 31.2 Å². The van der Waals surface area contributed by atoms with E-state index in [1.54, 1.807) is 0 Å². The first kappa shape index (κ1) is 21.4. The van der Waals surface area contributed by atoms with Gasteiger partial charge in [0.15, 0.2) is 0 Å². The van der Waals surface area contributed by atoms with Crippen molar-refractivity contribution in [3.05, 3.63) is 59.7 Å². The maximum absolute atomic E-state index is 12.9. The van der Waals surface area contributed by atoms with Crippen molar-refractivity contribution in [1.82, 2.24) is 15.8 Å². The predicted molar refractivity (Wildman–Crippen MR) is 101 cm³/mol. The molecule has 8 nitrogen and oxygen atoms in total. The number of hydrazine groups is 1. The lowest BCUT2D eigenvalue weighted by Gasteiger charge is -2.27. The first-order valence-electron chi connectivity index (χ1n) is 8.73. The van der Waals surface area contributed by atoms with Gasteiger partial charge in [-0.15, -0.1) is 0 Å². The van der Waals surface area contributed by atoms with Crippen molar-refractivity contribution in [3.8, 4) is 0 Å². The van der Waals surface area contributed by atoms with Crippen molar-refractivity contribution < 1.29 is 31.2 Å². The maximum Gasteiger partial charge on any atom is 0.416 e. The molecule has 160 valence electrons. The van der Waals surface area contributed by atoms with Gasteiger partial charge in [0.1, 0.15) is 0 Å². The van der Waals surface area contributed by atoms with Crippen LogP contribution in [0.3, 0.4) is 0 Å². The molecule has 1 saturated heterocycles. The van der Waals surface area contributed by atoms with Crippen LogP contribution in [0.25, 0.3) is 0 Å². The smallest absolute Gasteiger partial charge is 0.336 e. The van der Waals surface area contributed by atoms with Gasteiger partial charge in [0.05, 0.1) is 21.7 Å². The van der Waals surface area contributed by atoms with Gasteiger partial charge in [0, 0.05) is 13.1 Å². The van der Waals surface area contributed by atoms with Crippen molar-refractivity contribution in [1.29, 1.82) is 0 Å². The first-order valence-corrected chi connectivity index (χ1v) is 10.2. The number of hydrogen-bond donors (Lipinski definition) is 3. The lowest BCUT2D eigenvalue weighted by Crippen LogP contribution is -2.54. The number of nitrogens with one attached hydrogen (secondary N) is 3. The molecule has 0 radical (unpaired) electrons. The van der Waals surface area contributed by atoms with E-state index < -0.39 is 38.6 Å². The Balaban J connectivity index is 1.85.